The van der Waals surface area contributed by atoms with Crippen molar-refractivity contribution in [3.63, 3.8) is 0 Å². The van der Waals surface area contributed by atoms with Gasteiger partial charge >= 0.3 is 6.03 Å². The molecule has 3 amide bonds. The van der Waals surface area contributed by atoms with Crippen LogP contribution < -0.4 is 19.7 Å². The van der Waals surface area contributed by atoms with Crippen molar-refractivity contribution < 1.29 is 19.1 Å². The molecule has 0 radical (unpaired) electrons. The van der Waals surface area contributed by atoms with E-state index < -0.39 is 0 Å². The predicted octanol–water partition coefficient (Wildman–Crippen LogP) is 3.30. The van der Waals surface area contributed by atoms with Gasteiger partial charge in [0, 0.05) is 35.6 Å². The summed E-state index contributed by atoms with van der Waals surface area (Å²) in [6.07, 6.45) is 0. The van der Waals surface area contributed by atoms with Crippen LogP contribution in [0.1, 0.15) is 5.56 Å². The summed E-state index contributed by atoms with van der Waals surface area (Å²) >= 11 is 6.09. The first kappa shape index (κ1) is 18.4. The maximum absolute atomic E-state index is 12.7. The van der Waals surface area contributed by atoms with E-state index in [-0.39, 0.29) is 18.5 Å². The number of carbonyl (C=O) groups excluding carboxylic acids is 2. The van der Waals surface area contributed by atoms with Gasteiger partial charge in [0.05, 0.1) is 0 Å². The van der Waals surface area contributed by atoms with E-state index in [0.717, 1.165) is 11.3 Å². The molecule has 1 saturated heterocycles. The molecule has 2 aromatic carbocycles. The van der Waals surface area contributed by atoms with Crippen LogP contribution in [0.2, 0.25) is 5.02 Å². The van der Waals surface area contributed by atoms with E-state index in [4.69, 9.17) is 21.1 Å². The zero-order valence-corrected chi connectivity index (χ0v) is 16.2. The fourth-order valence-electron chi connectivity index (χ4n) is 3.21. The standard InChI is InChI=1S/C20H20ClN3O4/c1-13-2-3-14(10-16(13)21)22-19(25)12-23-6-7-24(20(23)26)15-4-5-17-18(11-15)28-9-8-27-17/h2-5,10-11H,6-9,12H2,1H3,(H,22,25). The van der Waals surface area contributed by atoms with Gasteiger partial charge in [-0.2, -0.15) is 0 Å². The number of carbonyl (C=O) groups is 2. The van der Waals surface area contributed by atoms with Crippen molar-refractivity contribution in [1.29, 1.82) is 0 Å². The smallest absolute Gasteiger partial charge is 0.325 e. The van der Waals surface area contributed by atoms with Crippen LogP contribution in [0.5, 0.6) is 11.5 Å². The van der Waals surface area contributed by atoms with E-state index >= 15 is 0 Å². The highest BCUT2D eigenvalue weighted by atomic mass is 35.5. The first-order valence-corrected chi connectivity index (χ1v) is 9.41. The van der Waals surface area contributed by atoms with E-state index in [2.05, 4.69) is 5.32 Å². The lowest BCUT2D eigenvalue weighted by Gasteiger charge is -2.22. The Morgan fingerprint density at radius 2 is 1.89 bits per heavy atom. The van der Waals surface area contributed by atoms with Gasteiger partial charge < -0.3 is 19.7 Å². The molecular weight excluding hydrogens is 382 g/mol. The van der Waals surface area contributed by atoms with Crippen molar-refractivity contribution >= 4 is 34.9 Å². The number of hydrogen-bond acceptors (Lipinski definition) is 4. The van der Waals surface area contributed by atoms with Gasteiger partial charge in [-0.1, -0.05) is 17.7 Å². The van der Waals surface area contributed by atoms with Crippen LogP contribution in [0.4, 0.5) is 16.2 Å². The summed E-state index contributed by atoms with van der Waals surface area (Å²) in [5, 5.41) is 3.36. The minimum absolute atomic E-state index is 0.0224. The summed E-state index contributed by atoms with van der Waals surface area (Å²) in [6.45, 7) is 3.84. The Balaban J connectivity index is 1.40. The van der Waals surface area contributed by atoms with Crippen molar-refractivity contribution in [3.05, 3.63) is 47.0 Å². The van der Waals surface area contributed by atoms with Crippen molar-refractivity contribution in [2.24, 2.45) is 0 Å². The number of aryl methyl sites for hydroxylation is 1. The Kier molecular flexibility index (Phi) is 5.00. The SMILES string of the molecule is Cc1ccc(NC(=O)CN2CCN(c3ccc4c(c3)OCCO4)C2=O)cc1Cl. The van der Waals surface area contributed by atoms with Crippen molar-refractivity contribution in [2.45, 2.75) is 6.92 Å². The quantitative estimate of drug-likeness (QED) is 0.853. The van der Waals surface area contributed by atoms with E-state index in [0.29, 0.717) is 48.5 Å². The Morgan fingerprint density at radius 3 is 2.68 bits per heavy atom. The third-order valence-electron chi connectivity index (χ3n) is 4.72. The highest BCUT2D eigenvalue weighted by Crippen LogP contribution is 2.35. The molecule has 146 valence electrons. The molecule has 0 saturated carbocycles. The van der Waals surface area contributed by atoms with Crippen molar-refractivity contribution in [1.82, 2.24) is 4.90 Å². The molecule has 0 atom stereocenters. The van der Waals surface area contributed by atoms with Gasteiger partial charge in [0.15, 0.2) is 11.5 Å². The van der Waals surface area contributed by atoms with E-state index in [1.54, 1.807) is 29.2 Å². The number of nitrogens with zero attached hydrogens (tertiary/aromatic N) is 2. The summed E-state index contributed by atoms with van der Waals surface area (Å²) in [6, 6.07) is 10.5. The zero-order chi connectivity index (χ0) is 19.7. The molecule has 2 aliphatic rings. The second kappa shape index (κ2) is 7.59. The number of nitrogens with one attached hydrogen (secondary N) is 1. The minimum atomic E-state index is -0.266. The van der Waals surface area contributed by atoms with Crippen LogP contribution in [-0.4, -0.2) is 49.7 Å². The highest BCUT2D eigenvalue weighted by molar-refractivity contribution is 6.31. The van der Waals surface area contributed by atoms with Gasteiger partial charge in [-0.15, -0.1) is 0 Å². The fraction of sp³-hybridized carbons (Fsp3) is 0.300. The number of benzene rings is 2. The molecule has 1 fully saturated rings. The van der Waals surface area contributed by atoms with Gasteiger partial charge in [0.2, 0.25) is 5.91 Å². The number of fused-ring (bicyclic) bond motifs is 1. The summed E-state index contributed by atoms with van der Waals surface area (Å²) in [4.78, 5) is 28.2. The molecular formula is C20H20ClN3O4. The summed E-state index contributed by atoms with van der Waals surface area (Å²) in [5.74, 6) is 1.04. The molecule has 0 bridgehead atoms. The molecule has 0 aromatic heterocycles. The second-order valence-electron chi connectivity index (χ2n) is 6.70. The summed E-state index contributed by atoms with van der Waals surface area (Å²) < 4.78 is 11.1. The number of rotatable bonds is 4. The monoisotopic (exact) mass is 401 g/mol. The van der Waals surface area contributed by atoms with Crippen LogP contribution in [0, 0.1) is 6.92 Å². The molecule has 7 nitrogen and oxygen atoms in total. The molecule has 0 spiro atoms. The van der Waals surface area contributed by atoms with Gasteiger partial charge in [-0.3, -0.25) is 9.69 Å². The summed E-state index contributed by atoms with van der Waals surface area (Å²) in [5.41, 5.74) is 2.27. The first-order chi connectivity index (χ1) is 13.5. The Hall–Kier alpha value is -2.93. The van der Waals surface area contributed by atoms with Crippen molar-refractivity contribution in [2.75, 3.05) is 43.1 Å². The van der Waals surface area contributed by atoms with Crippen LogP contribution in [0.15, 0.2) is 36.4 Å². The van der Waals surface area contributed by atoms with E-state index in [1.807, 2.05) is 19.1 Å². The summed E-state index contributed by atoms with van der Waals surface area (Å²) in [7, 11) is 0. The molecule has 2 heterocycles. The molecule has 8 heteroatoms. The molecule has 0 aliphatic carbocycles. The van der Waals surface area contributed by atoms with Crippen molar-refractivity contribution in [3.8, 4) is 11.5 Å². The second-order valence-corrected chi connectivity index (χ2v) is 7.10. The zero-order valence-electron chi connectivity index (χ0n) is 15.4. The lowest BCUT2D eigenvalue weighted by Crippen LogP contribution is -2.37. The first-order valence-electron chi connectivity index (χ1n) is 9.03. The van der Waals surface area contributed by atoms with Crippen LogP contribution >= 0.6 is 11.6 Å². The van der Waals surface area contributed by atoms with Gasteiger partial charge in [0.25, 0.3) is 0 Å². The number of urea groups is 1. The highest BCUT2D eigenvalue weighted by Gasteiger charge is 2.31. The van der Waals surface area contributed by atoms with Crippen LogP contribution in [0.3, 0.4) is 0 Å². The van der Waals surface area contributed by atoms with E-state index in [1.165, 1.54) is 4.90 Å². The molecule has 1 N–H and O–H groups in total. The van der Waals surface area contributed by atoms with Gasteiger partial charge in [0.1, 0.15) is 19.8 Å². The maximum atomic E-state index is 12.7. The fourth-order valence-corrected chi connectivity index (χ4v) is 3.39. The number of amides is 3. The van der Waals surface area contributed by atoms with Crippen LogP contribution in [0.25, 0.3) is 0 Å². The molecule has 2 aliphatic heterocycles. The number of anilines is 2. The van der Waals surface area contributed by atoms with Gasteiger partial charge in [-0.25, -0.2) is 4.79 Å². The minimum Gasteiger partial charge on any atom is -0.486 e. The topological polar surface area (TPSA) is 71.1 Å². The third-order valence-corrected chi connectivity index (χ3v) is 5.13. The Labute approximate surface area is 167 Å². The third kappa shape index (κ3) is 3.71. The molecule has 28 heavy (non-hydrogen) atoms. The number of halogens is 1. The average molecular weight is 402 g/mol. The Bertz CT molecular complexity index is 934. The number of hydrogen-bond donors (Lipinski definition) is 1. The molecule has 0 unspecified atom stereocenters. The lowest BCUT2D eigenvalue weighted by molar-refractivity contribution is -0.116. The molecule has 2 aromatic rings. The Morgan fingerprint density at radius 1 is 1.11 bits per heavy atom. The average Bonchev–Trinajstić information content (AvgIpc) is 3.04. The molecule has 4 rings (SSSR count). The predicted molar refractivity (Wildman–Crippen MR) is 107 cm³/mol. The largest absolute Gasteiger partial charge is 0.486 e. The normalized spacial score (nSPS) is 15.7. The van der Waals surface area contributed by atoms with Crippen LogP contribution in [-0.2, 0) is 4.79 Å². The lowest BCUT2D eigenvalue weighted by atomic mass is 10.2. The van der Waals surface area contributed by atoms with Gasteiger partial charge in [-0.05, 0) is 36.8 Å². The van der Waals surface area contributed by atoms with E-state index in [9.17, 15) is 9.59 Å². The number of ether oxygens (including phenoxy) is 2. The maximum Gasteiger partial charge on any atom is 0.325 e.